The zero-order valence-corrected chi connectivity index (χ0v) is 10.2. The summed E-state index contributed by atoms with van der Waals surface area (Å²) in [5, 5.41) is 9.88. The molecule has 2 rings (SSSR count). The van der Waals surface area contributed by atoms with Gasteiger partial charge in [0.15, 0.2) is 0 Å². The van der Waals surface area contributed by atoms with Gasteiger partial charge in [-0.1, -0.05) is 5.16 Å². The molecule has 0 aliphatic carbocycles. The predicted octanol–water partition coefficient (Wildman–Crippen LogP) is -0.497. The van der Waals surface area contributed by atoms with E-state index in [1.54, 1.807) is 7.05 Å². The van der Waals surface area contributed by atoms with Crippen molar-refractivity contribution in [2.24, 2.45) is 0 Å². The third-order valence-corrected chi connectivity index (χ3v) is 2.95. The van der Waals surface area contributed by atoms with E-state index in [1.807, 2.05) is 13.0 Å². The van der Waals surface area contributed by atoms with Gasteiger partial charge in [-0.2, -0.15) is 0 Å². The number of nitrogens with zero attached hydrogens (tertiary/aromatic N) is 2. The SMILES string of the molecule is CNC(=O)C1CNCCN1Cc1cc(C)on1. The number of aryl methyl sites for hydroxylation is 1. The molecule has 0 radical (unpaired) electrons. The number of hydrogen-bond donors (Lipinski definition) is 2. The fourth-order valence-electron chi connectivity index (χ4n) is 2.06. The van der Waals surface area contributed by atoms with Crippen molar-refractivity contribution in [1.82, 2.24) is 20.7 Å². The smallest absolute Gasteiger partial charge is 0.238 e. The summed E-state index contributed by atoms with van der Waals surface area (Å²) in [5.41, 5.74) is 0.873. The van der Waals surface area contributed by atoms with E-state index in [2.05, 4.69) is 20.7 Å². The Kier molecular flexibility index (Phi) is 3.75. The maximum absolute atomic E-state index is 11.7. The molecule has 1 unspecified atom stereocenters. The summed E-state index contributed by atoms with van der Waals surface area (Å²) in [4.78, 5) is 13.9. The molecule has 2 heterocycles. The quantitative estimate of drug-likeness (QED) is 0.743. The molecule has 0 bridgehead atoms. The van der Waals surface area contributed by atoms with Crippen LogP contribution in [0.2, 0.25) is 0 Å². The number of rotatable bonds is 3. The molecule has 0 spiro atoms. The lowest BCUT2D eigenvalue weighted by Crippen LogP contribution is -2.56. The average molecular weight is 238 g/mol. The molecular weight excluding hydrogens is 220 g/mol. The molecule has 1 saturated heterocycles. The Morgan fingerprint density at radius 3 is 3.24 bits per heavy atom. The van der Waals surface area contributed by atoms with Crippen molar-refractivity contribution in [3.05, 3.63) is 17.5 Å². The molecule has 1 aromatic heterocycles. The monoisotopic (exact) mass is 238 g/mol. The van der Waals surface area contributed by atoms with Gasteiger partial charge in [0.2, 0.25) is 5.91 Å². The summed E-state index contributed by atoms with van der Waals surface area (Å²) in [5.74, 6) is 0.837. The van der Waals surface area contributed by atoms with Crippen molar-refractivity contribution in [2.45, 2.75) is 19.5 Å². The third-order valence-electron chi connectivity index (χ3n) is 2.95. The van der Waals surface area contributed by atoms with Crippen LogP contribution < -0.4 is 10.6 Å². The van der Waals surface area contributed by atoms with E-state index < -0.39 is 0 Å². The Balaban J connectivity index is 2.03. The second-order valence-electron chi connectivity index (χ2n) is 4.23. The third kappa shape index (κ3) is 2.83. The highest BCUT2D eigenvalue weighted by Crippen LogP contribution is 2.10. The summed E-state index contributed by atoms with van der Waals surface area (Å²) >= 11 is 0. The molecule has 6 heteroatoms. The zero-order valence-electron chi connectivity index (χ0n) is 10.2. The van der Waals surface area contributed by atoms with E-state index in [9.17, 15) is 4.79 Å². The first kappa shape index (κ1) is 12.1. The molecule has 1 atom stereocenters. The first-order valence-corrected chi connectivity index (χ1v) is 5.79. The van der Waals surface area contributed by atoms with Crippen molar-refractivity contribution in [3.8, 4) is 0 Å². The van der Waals surface area contributed by atoms with Gasteiger partial charge in [0.1, 0.15) is 11.8 Å². The van der Waals surface area contributed by atoms with Crippen LogP contribution in [0.4, 0.5) is 0 Å². The van der Waals surface area contributed by atoms with Gasteiger partial charge in [-0.25, -0.2) is 0 Å². The number of carbonyl (C=O) groups is 1. The fraction of sp³-hybridized carbons (Fsp3) is 0.636. The molecule has 1 amide bonds. The van der Waals surface area contributed by atoms with Crippen molar-refractivity contribution in [3.63, 3.8) is 0 Å². The number of aromatic nitrogens is 1. The lowest BCUT2D eigenvalue weighted by Gasteiger charge is -2.34. The van der Waals surface area contributed by atoms with Crippen LogP contribution in [0.25, 0.3) is 0 Å². The second-order valence-corrected chi connectivity index (χ2v) is 4.23. The highest BCUT2D eigenvalue weighted by molar-refractivity contribution is 5.81. The number of carbonyl (C=O) groups excluding carboxylic acids is 1. The number of piperazine rings is 1. The number of nitrogens with one attached hydrogen (secondary N) is 2. The summed E-state index contributed by atoms with van der Waals surface area (Å²) in [6.07, 6.45) is 0. The lowest BCUT2D eigenvalue weighted by atomic mass is 10.1. The Morgan fingerprint density at radius 2 is 2.59 bits per heavy atom. The van der Waals surface area contributed by atoms with Gasteiger partial charge in [0, 0.05) is 39.3 Å². The number of amides is 1. The molecule has 2 N–H and O–H groups in total. The summed E-state index contributed by atoms with van der Waals surface area (Å²) in [7, 11) is 1.66. The molecular formula is C11H18N4O2. The highest BCUT2D eigenvalue weighted by Gasteiger charge is 2.28. The van der Waals surface area contributed by atoms with Gasteiger partial charge in [-0.15, -0.1) is 0 Å². The fourth-order valence-corrected chi connectivity index (χ4v) is 2.06. The normalized spacial score (nSPS) is 21.4. The average Bonchev–Trinajstić information content (AvgIpc) is 2.74. The summed E-state index contributed by atoms with van der Waals surface area (Å²) < 4.78 is 5.04. The first-order valence-electron chi connectivity index (χ1n) is 5.79. The van der Waals surface area contributed by atoms with E-state index in [1.165, 1.54) is 0 Å². The molecule has 17 heavy (non-hydrogen) atoms. The molecule has 0 aromatic carbocycles. The van der Waals surface area contributed by atoms with Crippen LogP contribution in [0.1, 0.15) is 11.5 Å². The van der Waals surface area contributed by atoms with Crippen LogP contribution in [0.5, 0.6) is 0 Å². The minimum atomic E-state index is -0.134. The van der Waals surface area contributed by atoms with E-state index in [4.69, 9.17) is 4.52 Å². The molecule has 1 aliphatic heterocycles. The van der Waals surface area contributed by atoms with Crippen LogP contribution in [0.15, 0.2) is 10.6 Å². The van der Waals surface area contributed by atoms with Crippen LogP contribution in [-0.4, -0.2) is 48.7 Å². The van der Waals surface area contributed by atoms with Gasteiger partial charge in [-0.05, 0) is 6.92 Å². The Bertz CT molecular complexity index is 391. The van der Waals surface area contributed by atoms with Crippen LogP contribution >= 0.6 is 0 Å². The van der Waals surface area contributed by atoms with Crippen molar-refractivity contribution >= 4 is 5.91 Å². The number of likely N-dealkylation sites (N-methyl/N-ethyl adjacent to an activating group) is 1. The van der Waals surface area contributed by atoms with Crippen molar-refractivity contribution in [1.29, 1.82) is 0 Å². The molecule has 6 nitrogen and oxygen atoms in total. The van der Waals surface area contributed by atoms with Crippen molar-refractivity contribution in [2.75, 3.05) is 26.7 Å². The molecule has 1 fully saturated rings. The Morgan fingerprint density at radius 1 is 1.76 bits per heavy atom. The zero-order chi connectivity index (χ0) is 12.3. The summed E-state index contributed by atoms with van der Waals surface area (Å²) in [6, 6.07) is 1.77. The van der Waals surface area contributed by atoms with E-state index >= 15 is 0 Å². The maximum atomic E-state index is 11.7. The van der Waals surface area contributed by atoms with Crippen LogP contribution in [0.3, 0.4) is 0 Å². The number of hydrogen-bond acceptors (Lipinski definition) is 5. The van der Waals surface area contributed by atoms with Gasteiger partial charge >= 0.3 is 0 Å². The first-order chi connectivity index (χ1) is 8.20. The minimum absolute atomic E-state index is 0.0393. The summed E-state index contributed by atoms with van der Waals surface area (Å²) in [6.45, 7) is 4.92. The van der Waals surface area contributed by atoms with Gasteiger partial charge in [0.05, 0.1) is 5.69 Å². The van der Waals surface area contributed by atoms with Crippen LogP contribution in [-0.2, 0) is 11.3 Å². The predicted molar refractivity (Wildman–Crippen MR) is 62.4 cm³/mol. The van der Waals surface area contributed by atoms with Gasteiger partial charge < -0.3 is 15.2 Å². The topological polar surface area (TPSA) is 70.4 Å². The maximum Gasteiger partial charge on any atom is 0.238 e. The van der Waals surface area contributed by atoms with Crippen molar-refractivity contribution < 1.29 is 9.32 Å². The van der Waals surface area contributed by atoms with E-state index in [0.29, 0.717) is 13.1 Å². The molecule has 0 saturated carbocycles. The standard InChI is InChI=1S/C11H18N4O2/c1-8-5-9(14-17-8)7-15-4-3-13-6-10(15)11(16)12-2/h5,10,13H,3-4,6-7H2,1-2H3,(H,12,16). The molecule has 1 aromatic rings. The highest BCUT2D eigenvalue weighted by atomic mass is 16.5. The largest absolute Gasteiger partial charge is 0.361 e. The van der Waals surface area contributed by atoms with E-state index in [-0.39, 0.29) is 11.9 Å². The molecule has 94 valence electrons. The Labute approximate surface area is 100 Å². The lowest BCUT2D eigenvalue weighted by molar-refractivity contribution is -0.126. The van der Waals surface area contributed by atoms with Gasteiger partial charge in [0.25, 0.3) is 0 Å². The second kappa shape index (κ2) is 5.29. The molecule has 1 aliphatic rings. The van der Waals surface area contributed by atoms with E-state index in [0.717, 1.165) is 24.5 Å². The van der Waals surface area contributed by atoms with Crippen LogP contribution in [0, 0.1) is 6.92 Å². The van der Waals surface area contributed by atoms with Gasteiger partial charge in [-0.3, -0.25) is 9.69 Å². The minimum Gasteiger partial charge on any atom is -0.361 e. The Hall–Kier alpha value is -1.40.